The molecule has 206 valence electrons. The Kier molecular flexibility index (Phi) is 7.58. The molecule has 0 bridgehead atoms. The monoisotopic (exact) mass is 540 g/mol. The number of pyridine rings is 1. The zero-order chi connectivity index (χ0) is 30.8. The smallest absolute Gasteiger partial charge is 0.410 e. The van der Waals surface area contributed by atoms with E-state index in [-0.39, 0.29) is 57.9 Å². The SMILES string of the molecule is [2H]c1nc(N)c(OC(C)c2cc(F)ccc2C(=O)OC)c([2H])c1-c1c(CN(C)C(=O)OC(C)(C)C)nn(C)c1[N+]#[C-]. The summed E-state index contributed by atoms with van der Waals surface area (Å²) < 4.78 is 49.0. The van der Waals surface area contributed by atoms with Gasteiger partial charge in [-0.25, -0.2) is 23.6 Å². The third-order valence-corrected chi connectivity index (χ3v) is 5.45. The molecule has 0 aliphatic heterocycles. The molecule has 0 aliphatic carbocycles. The number of carbonyl (C=O) groups excluding carboxylic acids is 2. The highest BCUT2D eigenvalue weighted by molar-refractivity contribution is 5.91. The molecule has 0 saturated heterocycles. The molecule has 1 atom stereocenters. The number of ether oxygens (including phenoxy) is 3. The molecule has 1 aromatic carbocycles. The van der Waals surface area contributed by atoms with E-state index in [9.17, 15) is 14.0 Å². The lowest BCUT2D eigenvalue weighted by molar-refractivity contribution is 0.0283. The zero-order valence-electron chi connectivity index (χ0n) is 24.7. The summed E-state index contributed by atoms with van der Waals surface area (Å²) in [4.78, 5) is 33.7. The van der Waals surface area contributed by atoms with E-state index in [0.717, 1.165) is 12.1 Å². The average Bonchev–Trinajstić information content (AvgIpc) is 3.18. The van der Waals surface area contributed by atoms with Gasteiger partial charge in [-0.1, -0.05) is 6.57 Å². The Morgan fingerprint density at radius 3 is 2.67 bits per heavy atom. The summed E-state index contributed by atoms with van der Waals surface area (Å²) in [6, 6.07) is 3.07. The number of aryl methyl sites for hydroxylation is 1. The molecule has 11 nitrogen and oxygen atoms in total. The van der Waals surface area contributed by atoms with Crippen molar-refractivity contribution in [2.45, 2.75) is 45.9 Å². The van der Waals surface area contributed by atoms with Crippen LogP contribution >= 0.6 is 0 Å². The molecule has 0 fully saturated rings. The van der Waals surface area contributed by atoms with Crippen LogP contribution in [0.25, 0.3) is 16.0 Å². The van der Waals surface area contributed by atoms with Gasteiger partial charge in [0.05, 0.1) is 29.0 Å². The number of benzene rings is 1. The van der Waals surface area contributed by atoms with Crippen molar-refractivity contribution in [1.82, 2.24) is 19.7 Å². The van der Waals surface area contributed by atoms with Crippen LogP contribution in [0.5, 0.6) is 5.75 Å². The summed E-state index contributed by atoms with van der Waals surface area (Å²) in [6.07, 6.45) is -2.07. The number of carbonyl (C=O) groups is 2. The number of methoxy groups -OCH3 is 1. The minimum Gasteiger partial charge on any atom is -0.482 e. The lowest BCUT2D eigenvalue weighted by Crippen LogP contribution is -2.34. The minimum absolute atomic E-state index is 0.0109. The van der Waals surface area contributed by atoms with E-state index in [4.69, 9.17) is 29.3 Å². The van der Waals surface area contributed by atoms with Crippen LogP contribution in [-0.2, 0) is 23.1 Å². The molecular formula is C27H31FN6O5. The molecular weight excluding hydrogens is 507 g/mol. The average molecular weight is 541 g/mol. The summed E-state index contributed by atoms with van der Waals surface area (Å²) in [7, 11) is 4.19. The normalized spacial score (nSPS) is 12.6. The molecule has 3 rings (SSSR count). The van der Waals surface area contributed by atoms with Crippen LogP contribution in [0.3, 0.4) is 0 Å². The molecule has 0 saturated carbocycles. The van der Waals surface area contributed by atoms with Gasteiger partial charge in [-0.3, -0.25) is 0 Å². The maximum atomic E-state index is 14.1. The number of halogens is 1. The van der Waals surface area contributed by atoms with Crippen molar-refractivity contribution in [1.29, 1.82) is 0 Å². The molecule has 39 heavy (non-hydrogen) atoms. The van der Waals surface area contributed by atoms with Crippen molar-refractivity contribution in [2.75, 3.05) is 19.9 Å². The van der Waals surface area contributed by atoms with Crippen LogP contribution in [0.4, 0.5) is 20.8 Å². The number of nitrogens with two attached hydrogens (primary N) is 1. The first-order valence-electron chi connectivity index (χ1n) is 12.8. The number of hydrogen-bond acceptors (Lipinski definition) is 8. The van der Waals surface area contributed by atoms with Crippen LogP contribution in [0.1, 0.15) is 58.2 Å². The fraction of sp³-hybridized carbons (Fsp3) is 0.370. The van der Waals surface area contributed by atoms with Crippen molar-refractivity contribution < 1.29 is 30.9 Å². The highest BCUT2D eigenvalue weighted by Gasteiger charge is 2.26. The molecule has 1 unspecified atom stereocenters. The van der Waals surface area contributed by atoms with E-state index in [2.05, 4.69) is 14.9 Å². The van der Waals surface area contributed by atoms with Crippen LogP contribution in [0.2, 0.25) is 0 Å². The van der Waals surface area contributed by atoms with E-state index in [0.29, 0.717) is 0 Å². The molecule has 12 heteroatoms. The summed E-state index contributed by atoms with van der Waals surface area (Å²) in [6.45, 7) is 14.3. The summed E-state index contributed by atoms with van der Waals surface area (Å²) in [5.74, 6) is -1.91. The standard InChI is InChI=1S/C27H31FN6O5/c1-15(19-12-17(28)9-10-18(19)25(35)37-8)38-21-11-16(13-31-23(21)29)22-20(32-34(7)24(22)30-5)14-33(6)26(36)39-27(2,3)4/h9-13,15H,14H2,1-4,6-8H3,(H2,29,31)/i11D,13D. The van der Waals surface area contributed by atoms with Crippen LogP contribution in [0.15, 0.2) is 30.4 Å². The lowest BCUT2D eigenvalue weighted by atomic mass is 10.0. The first kappa shape index (κ1) is 26.0. The Morgan fingerprint density at radius 1 is 1.36 bits per heavy atom. The first-order valence-corrected chi connectivity index (χ1v) is 11.8. The van der Waals surface area contributed by atoms with Gasteiger partial charge in [0.2, 0.25) is 0 Å². The van der Waals surface area contributed by atoms with Crippen LogP contribution < -0.4 is 10.5 Å². The Bertz CT molecular complexity index is 1550. The molecule has 0 aliphatic rings. The Morgan fingerprint density at radius 2 is 2.05 bits per heavy atom. The van der Waals surface area contributed by atoms with Gasteiger partial charge in [-0.2, -0.15) is 0 Å². The highest BCUT2D eigenvalue weighted by Crippen LogP contribution is 2.38. The second kappa shape index (κ2) is 11.4. The van der Waals surface area contributed by atoms with Crippen molar-refractivity contribution in [3.63, 3.8) is 0 Å². The van der Waals surface area contributed by atoms with Crippen molar-refractivity contribution in [3.05, 3.63) is 64.5 Å². The molecule has 3 aromatic rings. The number of amides is 1. The fourth-order valence-corrected chi connectivity index (χ4v) is 3.68. The number of anilines is 1. The van der Waals surface area contributed by atoms with Crippen molar-refractivity contribution in [2.24, 2.45) is 7.05 Å². The van der Waals surface area contributed by atoms with E-state index in [1.807, 2.05) is 0 Å². The van der Waals surface area contributed by atoms with Crippen LogP contribution in [0, 0.1) is 12.4 Å². The quantitative estimate of drug-likeness (QED) is 0.326. The second-order valence-corrected chi connectivity index (χ2v) is 9.64. The summed E-state index contributed by atoms with van der Waals surface area (Å²) >= 11 is 0. The Hall–Kier alpha value is -4.66. The fourth-order valence-electron chi connectivity index (χ4n) is 3.68. The van der Waals surface area contributed by atoms with Gasteiger partial charge in [-0.05, 0) is 57.5 Å². The third kappa shape index (κ3) is 6.62. The number of nitrogens with zero attached hydrogens (tertiary/aromatic N) is 5. The first-order chi connectivity index (χ1) is 19.1. The predicted molar refractivity (Wildman–Crippen MR) is 142 cm³/mol. The predicted octanol–water partition coefficient (Wildman–Crippen LogP) is 5.05. The number of esters is 1. The Balaban J connectivity index is 2.12. The zero-order valence-corrected chi connectivity index (χ0v) is 22.7. The topological polar surface area (TPSA) is 126 Å². The summed E-state index contributed by atoms with van der Waals surface area (Å²) in [5.41, 5.74) is 5.68. The van der Waals surface area contributed by atoms with E-state index < -0.39 is 35.8 Å². The maximum Gasteiger partial charge on any atom is 0.410 e. The second-order valence-electron chi connectivity index (χ2n) is 9.64. The maximum absolute atomic E-state index is 14.1. The minimum atomic E-state index is -1.01. The Labute approximate surface area is 228 Å². The molecule has 0 radical (unpaired) electrons. The van der Waals surface area contributed by atoms with Gasteiger partial charge in [0, 0.05) is 24.3 Å². The molecule has 0 spiro atoms. The largest absolute Gasteiger partial charge is 0.482 e. The van der Waals surface area contributed by atoms with Crippen molar-refractivity contribution in [3.8, 4) is 16.9 Å². The van der Waals surface area contributed by atoms with Crippen LogP contribution in [-0.4, -0.2) is 51.5 Å². The van der Waals surface area contributed by atoms with Gasteiger partial charge < -0.3 is 29.7 Å². The van der Waals surface area contributed by atoms with Gasteiger partial charge in [-0.15, -0.1) is 5.10 Å². The number of hydrogen-bond donors (Lipinski definition) is 1. The van der Waals surface area contributed by atoms with E-state index in [1.54, 1.807) is 20.8 Å². The molecule has 1 amide bonds. The number of rotatable bonds is 7. The van der Waals surface area contributed by atoms with E-state index >= 15 is 0 Å². The van der Waals surface area contributed by atoms with E-state index in [1.165, 1.54) is 43.8 Å². The molecule has 2 N–H and O–H groups in total. The lowest BCUT2D eigenvalue weighted by Gasteiger charge is -2.24. The molecule has 2 heterocycles. The van der Waals surface area contributed by atoms with Gasteiger partial charge in [0.25, 0.3) is 5.82 Å². The number of aromatic nitrogens is 3. The third-order valence-electron chi connectivity index (χ3n) is 5.45. The highest BCUT2D eigenvalue weighted by atomic mass is 19.1. The van der Waals surface area contributed by atoms with Crippen molar-refractivity contribution >= 4 is 23.7 Å². The summed E-state index contributed by atoms with van der Waals surface area (Å²) in [5, 5.41) is 4.36. The molecule has 2 aromatic heterocycles. The van der Waals surface area contributed by atoms with Gasteiger partial charge in [0.1, 0.15) is 23.2 Å². The number of nitrogen functional groups attached to an aromatic ring is 1. The van der Waals surface area contributed by atoms with Gasteiger partial charge in [0.15, 0.2) is 11.6 Å². The van der Waals surface area contributed by atoms with Gasteiger partial charge >= 0.3 is 12.1 Å².